The Labute approximate surface area is 361 Å². The second kappa shape index (κ2) is 16.9. The van der Waals surface area contributed by atoms with Gasteiger partial charge in [0.25, 0.3) is 0 Å². The minimum atomic E-state index is 0.124. The van der Waals surface area contributed by atoms with Crippen molar-refractivity contribution in [1.82, 2.24) is 0 Å². The third kappa shape index (κ3) is 10.5. The fourth-order valence-corrected chi connectivity index (χ4v) is 9.15. The van der Waals surface area contributed by atoms with E-state index in [4.69, 9.17) is 46.4 Å². The molecule has 0 saturated heterocycles. The molecule has 0 aromatic heterocycles. The summed E-state index contributed by atoms with van der Waals surface area (Å²) < 4.78 is 1.14. The Hall–Kier alpha value is -1.86. The van der Waals surface area contributed by atoms with Crippen LogP contribution in [0.3, 0.4) is 0 Å². The van der Waals surface area contributed by atoms with Gasteiger partial charge in [0.05, 0.1) is 0 Å². The monoisotopic (exact) mass is 874 g/mol. The first-order chi connectivity index (χ1) is 24.7. The van der Waals surface area contributed by atoms with Gasteiger partial charge >= 0.3 is 154 Å². The Morgan fingerprint density at radius 1 is 0.556 bits per heavy atom. The van der Waals surface area contributed by atoms with Gasteiger partial charge in [0.15, 0.2) is 0 Å². The number of halogens is 4. The van der Waals surface area contributed by atoms with Crippen molar-refractivity contribution in [3.63, 3.8) is 0 Å². The minimum absolute atomic E-state index is 0.124. The van der Waals surface area contributed by atoms with Gasteiger partial charge in [0.2, 0.25) is 0 Å². The summed E-state index contributed by atoms with van der Waals surface area (Å²) in [6.45, 7) is 32.0. The largest absolute Gasteiger partial charge is 0.273 e. The normalized spacial score (nSPS) is 13.3. The van der Waals surface area contributed by atoms with Crippen LogP contribution in [0.2, 0.25) is 20.1 Å². The predicted molar refractivity (Wildman–Crippen MR) is 239 cm³/mol. The van der Waals surface area contributed by atoms with Crippen molar-refractivity contribution in [2.75, 3.05) is 0 Å². The topological polar surface area (TPSA) is 0 Å². The maximum absolute atomic E-state index is 6.21. The van der Waals surface area contributed by atoms with Crippen molar-refractivity contribution in [2.45, 2.75) is 125 Å². The van der Waals surface area contributed by atoms with Crippen LogP contribution in [-0.4, -0.2) is 3.21 Å². The molecule has 5 aromatic carbocycles. The summed E-state index contributed by atoms with van der Waals surface area (Å²) >= 11 is 25.9. The van der Waals surface area contributed by atoms with Gasteiger partial charge < -0.3 is 0 Å². The predicted octanol–water partition coefficient (Wildman–Crippen LogP) is 16.2. The van der Waals surface area contributed by atoms with E-state index in [1.165, 1.54) is 68.0 Å². The van der Waals surface area contributed by atoms with Crippen LogP contribution < -0.4 is 0 Å². The molecule has 0 spiro atoms. The van der Waals surface area contributed by atoms with Crippen LogP contribution in [0.25, 0.3) is 21.5 Å². The second-order valence-corrected chi connectivity index (χ2v) is 21.5. The summed E-state index contributed by atoms with van der Waals surface area (Å²) in [5, 5.41) is 8.15. The van der Waals surface area contributed by atoms with Crippen molar-refractivity contribution in [3.8, 4) is 0 Å². The maximum atomic E-state index is 6.21. The van der Waals surface area contributed by atoms with E-state index in [0.29, 0.717) is 20.1 Å². The summed E-state index contributed by atoms with van der Waals surface area (Å²) in [5.74, 6) is 0. The molecule has 1 aliphatic rings. The number of hydrogen-bond donors (Lipinski definition) is 0. The molecule has 0 bridgehead atoms. The summed E-state index contributed by atoms with van der Waals surface area (Å²) in [7, 11) is 0. The van der Waals surface area contributed by atoms with Crippen LogP contribution in [-0.2, 0) is 45.9 Å². The van der Waals surface area contributed by atoms with Crippen molar-refractivity contribution < 1.29 is 24.2 Å². The van der Waals surface area contributed by atoms with E-state index in [0.717, 1.165) is 31.9 Å². The molecule has 5 aromatic rings. The van der Waals surface area contributed by atoms with E-state index in [1.54, 1.807) is 12.1 Å². The van der Waals surface area contributed by atoms with Gasteiger partial charge in [-0.3, -0.25) is 6.08 Å². The molecule has 5 heteroatoms. The first-order valence-electron chi connectivity index (χ1n) is 18.7. The molecular weight excluding hydrogens is 822 g/mol. The Morgan fingerprint density at radius 3 is 1.19 bits per heavy atom. The molecular formula is C49H56Cl4Zr. The first-order valence-corrected chi connectivity index (χ1v) is 21.4. The number of fused-ring (bicyclic) bond motifs is 3. The van der Waals surface area contributed by atoms with Gasteiger partial charge in [-0.15, -0.1) is 46.2 Å². The zero-order valence-electron chi connectivity index (χ0n) is 34.6. The zero-order chi connectivity index (χ0) is 40.7. The zero-order valence-corrected chi connectivity index (χ0v) is 40.1. The number of hydrogen-bond acceptors (Lipinski definition) is 0. The van der Waals surface area contributed by atoms with Crippen LogP contribution >= 0.6 is 46.4 Å². The summed E-state index contributed by atoms with van der Waals surface area (Å²) in [5.41, 5.74) is 10.5. The molecule has 284 valence electrons. The van der Waals surface area contributed by atoms with E-state index in [1.807, 2.05) is 38.1 Å². The SMILES string of the molecule is CC(C)(C)c1cc2[cH-]c3cc(C(C)(C)C)c(C(C)(C)C)cc3c2cc1C(C)(C)C.Cc1c(Cl)cc(Cl)cc1[C](=[Zr+2])c1cc(Cl)cc(Cl)c1C.[C-]1=CC=CC1. The minimum Gasteiger partial charge on any atom is -0.273 e. The molecule has 0 nitrogen and oxygen atoms in total. The molecule has 0 unspecified atom stereocenters. The second-order valence-electron chi connectivity index (χ2n) is 18.6. The first kappa shape index (κ1) is 44.9. The molecule has 0 aliphatic heterocycles. The molecule has 0 fully saturated rings. The van der Waals surface area contributed by atoms with Crippen LogP contribution in [0.15, 0.2) is 72.8 Å². The molecule has 0 heterocycles. The molecule has 0 atom stereocenters. The molecule has 0 saturated carbocycles. The van der Waals surface area contributed by atoms with Crippen molar-refractivity contribution in [3.05, 3.63) is 143 Å². The molecule has 6 rings (SSSR count). The van der Waals surface area contributed by atoms with Crippen molar-refractivity contribution >= 4 is 71.2 Å². The number of rotatable bonds is 2. The third-order valence-corrected chi connectivity index (χ3v) is 12.5. The number of allylic oxidation sites excluding steroid dienone is 4. The van der Waals surface area contributed by atoms with Crippen LogP contribution in [0.5, 0.6) is 0 Å². The molecule has 54 heavy (non-hydrogen) atoms. The Kier molecular flexibility index (Phi) is 14.1. The van der Waals surface area contributed by atoms with Gasteiger partial charge in [-0.25, -0.2) is 12.2 Å². The van der Waals surface area contributed by atoms with Gasteiger partial charge in [-0.1, -0.05) is 117 Å². The summed E-state index contributed by atoms with van der Waals surface area (Å²) in [6.07, 6.45) is 10.0. The molecule has 0 radical (unpaired) electrons. The number of benzene rings is 4. The third-order valence-electron chi connectivity index (χ3n) is 9.96. The fourth-order valence-electron chi connectivity index (χ4n) is 6.88. The molecule has 1 aliphatic carbocycles. The van der Waals surface area contributed by atoms with E-state index in [2.05, 4.69) is 126 Å². The Balaban J connectivity index is 0.000000223. The maximum Gasteiger partial charge on any atom is -0.109 e. The Bertz CT molecular complexity index is 2100. The van der Waals surface area contributed by atoms with Crippen LogP contribution in [0.1, 0.15) is 134 Å². The average Bonchev–Trinajstić information content (AvgIpc) is 3.73. The van der Waals surface area contributed by atoms with Crippen LogP contribution in [0, 0.1) is 19.9 Å². The summed E-state index contributed by atoms with van der Waals surface area (Å²) in [6, 6.07) is 19.7. The van der Waals surface area contributed by atoms with Crippen molar-refractivity contribution in [1.29, 1.82) is 0 Å². The van der Waals surface area contributed by atoms with E-state index in [-0.39, 0.29) is 21.7 Å². The van der Waals surface area contributed by atoms with Crippen molar-refractivity contribution in [2.24, 2.45) is 0 Å². The van der Waals surface area contributed by atoms with Gasteiger partial charge in [0, 0.05) is 0 Å². The standard InChI is InChI=1S/C29H41.C15H10Cl4.C5H5.Zr/c1-26(2,3)22-14-18-13-19-15-23(27(4,5)6)25(29(10,11)12)17-21(19)20(18)16-24(22)28(7,8)9;1-8-10(4-12(16)6-14(8)18)3-11-5-13(17)7-15(19)9(11)2;1-2-4-5-3-1;/h13-17H,1-12H3;4-7H,1-2H3;1-3H,4H2;/q-1;;-1;+2. The Morgan fingerprint density at radius 2 is 0.907 bits per heavy atom. The quantitative estimate of drug-likeness (QED) is 0.155. The molecule has 0 N–H and O–H groups in total. The van der Waals surface area contributed by atoms with E-state index < -0.39 is 0 Å². The van der Waals surface area contributed by atoms with Gasteiger partial charge in [-0.05, 0) is 21.7 Å². The van der Waals surface area contributed by atoms with Gasteiger partial charge in [-0.2, -0.15) is 6.08 Å². The average molecular weight is 878 g/mol. The van der Waals surface area contributed by atoms with Crippen LogP contribution in [0.4, 0.5) is 0 Å². The van der Waals surface area contributed by atoms with E-state index >= 15 is 0 Å². The smallest absolute Gasteiger partial charge is 0.109 e. The summed E-state index contributed by atoms with van der Waals surface area (Å²) in [4.78, 5) is 0. The van der Waals surface area contributed by atoms with E-state index in [9.17, 15) is 0 Å². The molecule has 0 amide bonds. The fraction of sp³-hybridized carbons (Fsp3) is 0.388. The van der Waals surface area contributed by atoms with Gasteiger partial charge in [0.1, 0.15) is 0 Å².